The van der Waals surface area contributed by atoms with Crippen molar-refractivity contribution in [3.05, 3.63) is 35.9 Å². The third-order valence-electron chi connectivity index (χ3n) is 2.50. The van der Waals surface area contributed by atoms with Crippen LogP contribution in [0.5, 0.6) is 0 Å². The first kappa shape index (κ1) is 10.2. The summed E-state index contributed by atoms with van der Waals surface area (Å²) in [4.78, 5) is 22.5. The second kappa shape index (κ2) is 4.06. The number of benzene rings is 1. The minimum Gasteiger partial charge on any atom is -0.286 e. The predicted octanol–water partition coefficient (Wildman–Crippen LogP) is 2.14. The predicted molar refractivity (Wildman–Crippen MR) is 59.8 cm³/mol. The van der Waals surface area contributed by atoms with Crippen LogP contribution in [-0.2, 0) is 4.79 Å². The Hall–Kier alpha value is -1.29. The molecule has 0 aromatic heterocycles. The molecule has 0 bridgehead atoms. The molecule has 1 saturated heterocycles. The minimum absolute atomic E-state index is 0.0580. The van der Waals surface area contributed by atoms with Crippen LogP contribution in [0.15, 0.2) is 30.3 Å². The highest BCUT2D eigenvalue weighted by atomic mass is 32.2. The Morgan fingerprint density at radius 2 is 1.93 bits per heavy atom. The molecule has 1 aliphatic rings. The first-order valence-corrected chi connectivity index (χ1v) is 5.63. The van der Waals surface area contributed by atoms with E-state index in [9.17, 15) is 9.59 Å². The van der Waals surface area contributed by atoms with Gasteiger partial charge in [-0.05, 0) is 5.56 Å². The van der Waals surface area contributed by atoms with Crippen molar-refractivity contribution < 1.29 is 9.59 Å². The smallest absolute Gasteiger partial charge is 0.286 e. The van der Waals surface area contributed by atoms with Crippen LogP contribution in [0.25, 0.3) is 0 Å². The number of carbonyl (C=O) groups excluding carboxylic acids is 2. The molecule has 1 aromatic rings. The second-order valence-corrected chi connectivity index (χ2v) is 4.63. The summed E-state index contributed by atoms with van der Waals surface area (Å²) < 4.78 is 0. The zero-order valence-electron chi connectivity index (χ0n) is 8.27. The van der Waals surface area contributed by atoms with E-state index in [1.54, 1.807) is 0 Å². The lowest BCUT2D eigenvalue weighted by molar-refractivity contribution is -0.119. The van der Waals surface area contributed by atoms with Crippen LogP contribution in [0.2, 0.25) is 0 Å². The summed E-state index contributed by atoms with van der Waals surface area (Å²) in [5, 5.41) is 1.77. The van der Waals surface area contributed by atoms with Crippen molar-refractivity contribution in [1.82, 2.24) is 5.32 Å². The lowest BCUT2D eigenvalue weighted by Gasteiger charge is -2.15. The maximum absolute atomic E-state index is 11.4. The number of hydrogen-bond acceptors (Lipinski definition) is 3. The van der Waals surface area contributed by atoms with Gasteiger partial charge in [0.15, 0.2) is 0 Å². The molecule has 0 aliphatic carbocycles. The molecule has 1 heterocycles. The first-order chi connectivity index (χ1) is 7.18. The van der Waals surface area contributed by atoms with Gasteiger partial charge in [-0.15, -0.1) is 0 Å². The number of nitrogens with one attached hydrogen (secondary N) is 1. The van der Waals surface area contributed by atoms with Gasteiger partial charge < -0.3 is 0 Å². The Labute approximate surface area is 92.2 Å². The second-order valence-electron chi connectivity index (χ2n) is 3.51. The van der Waals surface area contributed by atoms with Crippen molar-refractivity contribution in [2.45, 2.75) is 18.1 Å². The van der Waals surface area contributed by atoms with Crippen LogP contribution < -0.4 is 5.32 Å². The molecule has 4 heteroatoms. The Balaban J connectivity index is 2.18. The van der Waals surface area contributed by atoms with E-state index in [0.717, 1.165) is 17.3 Å². The van der Waals surface area contributed by atoms with E-state index in [-0.39, 0.29) is 22.3 Å². The Morgan fingerprint density at radius 1 is 1.27 bits per heavy atom. The number of imide groups is 1. The van der Waals surface area contributed by atoms with Crippen molar-refractivity contribution in [3.8, 4) is 0 Å². The van der Waals surface area contributed by atoms with Crippen molar-refractivity contribution in [2.24, 2.45) is 0 Å². The Kier molecular flexibility index (Phi) is 2.77. The molecule has 1 aliphatic heterocycles. The van der Waals surface area contributed by atoms with Gasteiger partial charge in [-0.2, -0.15) is 0 Å². The summed E-state index contributed by atoms with van der Waals surface area (Å²) in [6.07, 6.45) is 0. The molecule has 2 rings (SSSR count). The van der Waals surface area contributed by atoms with Gasteiger partial charge in [0, 0.05) is 5.92 Å². The molecule has 15 heavy (non-hydrogen) atoms. The van der Waals surface area contributed by atoms with Crippen molar-refractivity contribution in [3.63, 3.8) is 0 Å². The molecular weight excluding hydrogens is 210 g/mol. The van der Waals surface area contributed by atoms with Crippen molar-refractivity contribution >= 4 is 22.9 Å². The first-order valence-electron chi connectivity index (χ1n) is 4.75. The third-order valence-corrected chi connectivity index (χ3v) is 3.69. The van der Waals surface area contributed by atoms with E-state index in [0.29, 0.717) is 0 Å². The van der Waals surface area contributed by atoms with Crippen LogP contribution in [0.1, 0.15) is 18.4 Å². The average Bonchev–Trinajstić information content (AvgIpc) is 2.58. The summed E-state index contributed by atoms with van der Waals surface area (Å²) >= 11 is 1.08. The van der Waals surface area contributed by atoms with Crippen LogP contribution in [0.4, 0.5) is 4.79 Å². The van der Waals surface area contributed by atoms with Gasteiger partial charge in [-0.25, -0.2) is 0 Å². The van der Waals surface area contributed by atoms with Gasteiger partial charge >= 0.3 is 0 Å². The van der Waals surface area contributed by atoms with Crippen LogP contribution >= 0.6 is 11.8 Å². The highest BCUT2D eigenvalue weighted by Gasteiger charge is 2.36. The zero-order chi connectivity index (χ0) is 10.8. The van der Waals surface area contributed by atoms with E-state index in [4.69, 9.17) is 0 Å². The summed E-state index contributed by atoms with van der Waals surface area (Å²) in [6, 6.07) is 9.75. The molecule has 0 radical (unpaired) electrons. The van der Waals surface area contributed by atoms with Gasteiger partial charge in [-0.1, -0.05) is 49.0 Å². The van der Waals surface area contributed by atoms with Crippen LogP contribution in [-0.4, -0.2) is 16.4 Å². The van der Waals surface area contributed by atoms with Gasteiger partial charge in [0.05, 0.1) is 5.25 Å². The van der Waals surface area contributed by atoms with Crippen LogP contribution in [0, 0.1) is 0 Å². The lowest BCUT2D eigenvalue weighted by Crippen LogP contribution is -2.27. The lowest BCUT2D eigenvalue weighted by atomic mass is 9.97. The summed E-state index contributed by atoms with van der Waals surface area (Å²) in [6.45, 7) is 1.96. The topological polar surface area (TPSA) is 46.2 Å². The van der Waals surface area contributed by atoms with E-state index in [2.05, 4.69) is 5.32 Å². The number of carbonyl (C=O) groups is 2. The molecular formula is C11H11NO2S. The van der Waals surface area contributed by atoms with Crippen molar-refractivity contribution in [1.29, 1.82) is 0 Å². The molecule has 1 aromatic carbocycles. The third kappa shape index (κ3) is 2.04. The van der Waals surface area contributed by atoms with Gasteiger partial charge in [0.2, 0.25) is 5.91 Å². The number of hydrogen-bond donors (Lipinski definition) is 1. The fraction of sp³-hybridized carbons (Fsp3) is 0.273. The normalized spacial score (nSPS) is 22.6. The average molecular weight is 221 g/mol. The highest BCUT2D eigenvalue weighted by Crippen LogP contribution is 2.32. The van der Waals surface area contributed by atoms with E-state index < -0.39 is 0 Å². The molecule has 0 saturated carbocycles. The molecule has 78 valence electrons. The van der Waals surface area contributed by atoms with E-state index in [1.165, 1.54) is 0 Å². The molecule has 3 nitrogen and oxygen atoms in total. The largest absolute Gasteiger partial charge is 0.286 e. The van der Waals surface area contributed by atoms with Crippen LogP contribution in [0.3, 0.4) is 0 Å². The molecule has 2 amide bonds. The SMILES string of the molecule is CC(c1ccccc1)C1SC(=O)NC1=O. The monoisotopic (exact) mass is 221 g/mol. The number of amides is 2. The number of rotatable bonds is 2. The molecule has 0 spiro atoms. The Bertz CT molecular complexity index is 391. The molecule has 2 unspecified atom stereocenters. The Morgan fingerprint density at radius 3 is 2.47 bits per heavy atom. The van der Waals surface area contributed by atoms with Gasteiger partial charge in [0.1, 0.15) is 0 Å². The van der Waals surface area contributed by atoms with Crippen molar-refractivity contribution in [2.75, 3.05) is 0 Å². The van der Waals surface area contributed by atoms with E-state index in [1.807, 2.05) is 37.3 Å². The van der Waals surface area contributed by atoms with E-state index >= 15 is 0 Å². The maximum Gasteiger partial charge on any atom is 0.286 e. The number of thioether (sulfide) groups is 1. The summed E-state index contributed by atoms with van der Waals surface area (Å²) in [5.41, 5.74) is 1.08. The molecule has 2 atom stereocenters. The maximum atomic E-state index is 11.4. The minimum atomic E-state index is -0.292. The van der Waals surface area contributed by atoms with Gasteiger partial charge in [0.25, 0.3) is 5.24 Å². The standard InChI is InChI=1S/C11H11NO2S/c1-7(8-5-3-2-4-6-8)9-10(13)12-11(14)15-9/h2-7,9H,1H3,(H,12,13,14). The zero-order valence-corrected chi connectivity index (χ0v) is 9.08. The molecule has 1 fully saturated rings. The summed E-state index contributed by atoms with van der Waals surface area (Å²) in [7, 11) is 0. The fourth-order valence-corrected chi connectivity index (χ4v) is 2.55. The fourth-order valence-electron chi connectivity index (χ4n) is 1.63. The molecule has 1 N–H and O–H groups in total. The quantitative estimate of drug-likeness (QED) is 0.832. The van der Waals surface area contributed by atoms with Gasteiger partial charge in [-0.3, -0.25) is 14.9 Å². The summed E-state index contributed by atoms with van der Waals surface area (Å²) in [5.74, 6) is -0.121. The highest BCUT2D eigenvalue weighted by molar-refractivity contribution is 8.15.